The van der Waals surface area contributed by atoms with Crippen molar-refractivity contribution in [3.8, 4) is 54.0 Å². The predicted octanol–water partition coefficient (Wildman–Crippen LogP) is 5.08. The molecule has 0 N–H and O–H groups in total. The Labute approximate surface area is 179 Å². The van der Waals surface area contributed by atoms with Crippen LogP contribution in [0.4, 0.5) is 0 Å². The van der Waals surface area contributed by atoms with Crippen LogP contribution >= 0.6 is 34.0 Å². The highest BCUT2D eigenvalue weighted by atomic mass is 32.1. The molecule has 0 aromatic carbocycles. The highest BCUT2D eigenvalue weighted by Crippen LogP contribution is 2.62. The molecular weight excluding hydrogens is 432 g/mol. The molecule has 6 heterocycles. The molecule has 29 heavy (non-hydrogen) atoms. The summed E-state index contributed by atoms with van der Waals surface area (Å²) >= 11 is 4.98. The molecule has 152 valence electrons. The summed E-state index contributed by atoms with van der Waals surface area (Å²) in [4.78, 5) is 5.32. The Balaban J connectivity index is 1.54. The van der Waals surface area contributed by atoms with E-state index in [9.17, 15) is 0 Å². The number of rotatable bonds is 3. The molecule has 3 aromatic heterocycles. The van der Waals surface area contributed by atoms with Crippen LogP contribution in [0.5, 0.6) is 34.5 Å². The Morgan fingerprint density at radius 1 is 0.621 bits per heavy atom. The molecule has 0 saturated heterocycles. The van der Waals surface area contributed by atoms with E-state index in [1.807, 2.05) is 5.38 Å². The highest BCUT2D eigenvalue weighted by Gasteiger charge is 2.34. The lowest BCUT2D eigenvalue weighted by Crippen LogP contribution is -2.16. The maximum absolute atomic E-state index is 6.09. The zero-order chi connectivity index (χ0) is 19.4. The standard InChI is InChI=1S/C20H18O6S3/c1-2-11-13-14(24-6-5-23-13)19(28-11)20-16-15(25-7-8-26-16)18(29-20)17-12-10(9-27-17)21-3-4-22-12/h9H,2-8H2,1H3. The molecule has 0 radical (unpaired) electrons. The molecule has 0 bridgehead atoms. The third-order valence-electron chi connectivity index (χ3n) is 4.90. The third-order valence-corrected chi connectivity index (χ3v) is 8.62. The monoisotopic (exact) mass is 450 g/mol. The summed E-state index contributed by atoms with van der Waals surface area (Å²) in [5.74, 6) is 4.88. The van der Waals surface area contributed by atoms with Crippen molar-refractivity contribution in [3.63, 3.8) is 0 Å². The maximum atomic E-state index is 6.09. The molecule has 3 aromatic rings. The second-order valence-electron chi connectivity index (χ2n) is 6.63. The van der Waals surface area contributed by atoms with E-state index in [4.69, 9.17) is 28.4 Å². The SMILES string of the molecule is CCc1sc(-c2sc(-c3scc4c3OCCO4)c3c2OCCO3)c2c1OCCO2. The highest BCUT2D eigenvalue weighted by molar-refractivity contribution is 7.27. The van der Waals surface area contributed by atoms with Gasteiger partial charge in [0.05, 0.1) is 24.4 Å². The predicted molar refractivity (Wildman–Crippen MR) is 113 cm³/mol. The minimum Gasteiger partial charge on any atom is -0.485 e. The maximum Gasteiger partial charge on any atom is 0.181 e. The van der Waals surface area contributed by atoms with Gasteiger partial charge < -0.3 is 28.4 Å². The first-order valence-electron chi connectivity index (χ1n) is 9.56. The number of hydrogen-bond acceptors (Lipinski definition) is 9. The average Bonchev–Trinajstić information content (AvgIpc) is 3.46. The fourth-order valence-electron chi connectivity index (χ4n) is 3.66. The molecule has 0 spiro atoms. The number of hydrogen-bond donors (Lipinski definition) is 0. The van der Waals surface area contributed by atoms with Crippen molar-refractivity contribution in [2.75, 3.05) is 39.6 Å². The fraction of sp³-hybridized carbons (Fsp3) is 0.400. The molecule has 3 aliphatic heterocycles. The summed E-state index contributed by atoms with van der Waals surface area (Å²) in [7, 11) is 0. The third kappa shape index (κ3) is 2.71. The Bertz CT molecular complexity index is 1080. The van der Waals surface area contributed by atoms with Crippen molar-refractivity contribution < 1.29 is 28.4 Å². The largest absolute Gasteiger partial charge is 0.485 e. The number of ether oxygens (including phenoxy) is 6. The van der Waals surface area contributed by atoms with Crippen LogP contribution in [0.15, 0.2) is 5.38 Å². The first-order valence-corrected chi connectivity index (χ1v) is 12.1. The molecule has 0 saturated carbocycles. The summed E-state index contributed by atoms with van der Waals surface area (Å²) in [5.41, 5.74) is 0. The van der Waals surface area contributed by atoms with Crippen LogP contribution in [0.2, 0.25) is 0 Å². The Morgan fingerprint density at radius 3 is 1.83 bits per heavy atom. The Hall–Kier alpha value is -2.10. The van der Waals surface area contributed by atoms with Gasteiger partial charge in [-0.2, -0.15) is 0 Å². The van der Waals surface area contributed by atoms with Crippen molar-refractivity contribution in [1.82, 2.24) is 0 Å². The molecule has 0 atom stereocenters. The van der Waals surface area contributed by atoms with Gasteiger partial charge in [-0.05, 0) is 6.42 Å². The topological polar surface area (TPSA) is 55.4 Å². The molecule has 9 heteroatoms. The van der Waals surface area contributed by atoms with Gasteiger partial charge in [-0.1, -0.05) is 6.92 Å². The first kappa shape index (κ1) is 17.7. The van der Waals surface area contributed by atoms with Crippen molar-refractivity contribution >= 4 is 34.0 Å². The van der Waals surface area contributed by atoms with Gasteiger partial charge in [-0.25, -0.2) is 0 Å². The summed E-state index contributed by atoms with van der Waals surface area (Å²) in [6.45, 7) is 5.47. The van der Waals surface area contributed by atoms with E-state index in [1.54, 1.807) is 34.0 Å². The fourth-order valence-corrected chi connectivity index (χ4v) is 7.18. The van der Waals surface area contributed by atoms with Gasteiger partial charge in [0, 0.05) is 5.38 Å². The van der Waals surface area contributed by atoms with E-state index < -0.39 is 0 Å². The summed E-state index contributed by atoms with van der Waals surface area (Å²) in [6.07, 6.45) is 0.901. The molecule has 6 nitrogen and oxygen atoms in total. The van der Waals surface area contributed by atoms with Crippen molar-refractivity contribution in [2.45, 2.75) is 13.3 Å². The van der Waals surface area contributed by atoms with E-state index in [-0.39, 0.29) is 0 Å². The van der Waals surface area contributed by atoms with E-state index in [1.165, 1.54) is 4.88 Å². The average molecular weight is 451 g/mol. The number of fused-ring (bicyclic) bond motifs is 3. The van der Waals surface area contributed by atoms with Crippen LogP contribution in [0.3, 0.4) is 0 Å². The van der Waals surface area contributed by atoms with E-state index in [0.717, 1.165) is 60.4 Å². The second-order valence-corrected chi connectivity index (χ2v) is 9.64. The van der Waals surface area contributed by atoms with Gasteiger partial charge in [0.1, 0.15) is 39.6 Å². The lowest BCUT2D eigenvalue weighted by Gasteiger charge is -2.19. The van der Waals surface area contributed by atoms with E-state index in [0.29, 0.717) is 39.6 Å². The van der Waals surface area contributed by atoms with Crippen LogP contribution in [0.25, 0.3) is 19.5 Å². The Morgan fingerprint density at radius 2 is 1.14 bits per heavy atom. The van der Waals surface area contributed by atoms with Gasteiger partial charge >= 0.3 is 0 Å². The zero-order valence-corrected chi connectivity index (χ0v) is 18.2. The molecule has 0 unspecified atom stereocenters. The van der Waals surface area contributed by atoms with Gasteiger partial charge in [0.2, 0.25) is 0 Å². The van der Waals surface area contributed by atoms with Crippen LogP contribution in [0, 0.1) is 0 Å². The number of aryl methyl sites for hydroxylation is 1. The van der Waals surface area contributed by atoms with Gasteiger partial charge in [0.25, 0.3) is 0 Å². The summed E-state index contributed by atoms with van der Waals surface area (Å²) < 4.78 is 35.8. The quantitative estimate of drug-likeness (QED) is 0.555. The van der Waals surface area contributed by atoms with E-state index >= 15 is 0 Å². The smallest absolute Gasteiger partial charge is 0.181 e. The lowest BCUT2D eigenvalue weighted by molar-refractivity contribution is 0.171. The van der Waals surface area contributed by atoms with Crippen LogP contribution in [-0.4, -0.2) is 39.6 Å². The molecule has 6 rings (SSSR count). The lowest BCUT2D eigenvalue weighted by atomic mass is 10.2. The van der Waals surface area contributed by atoms with Crippen LogP contribution < -0.4 is 28.4 Å². The number of thiophene rings is 3. The first-order chi connectivity index (χ1) is 14.3. The zero-order valence-electron chi connectivity index (χ0n) is 15.7. The van der Waals surface area contributed by atoms with Crippen molar-refractivity contribution in [3.05, 3.63) is 10.3 Å². The van der Waals surface area contributed by atoms with Gasteiger partial charge in [-0.3, -0.25) is 0 Å². The van der Waals surface area contributed by atoms with E-state index in [2.05, 4.69) is 6.92 Å². The summed E-state index contributed by atoms with van der Waals surface area (Å²) in [6, 6.07) is 0. The summed E-state index contributed by atoms with van der Waals surface area (Å²) in [5, 5.41) is 2.00. The van der Waals surface area contributed by atoms with Crippen molar-refractivity contribution in [1.29, 1.82) is 0 Å². The van der Waals surface area contributed by atoms with Crippen LogP contribution in [0.1, 0.15) is 11.8 Å². The second kappa shape index (κ2) is 7.00. The van der Waals surface area contributed by atoms with Gasteiger partial charge in [-0.15, -0.1) is 34.0 Å². The van der Waals surface area contributed by atoms with Crippen molar-refractivity contribution in [2.24, 2.45) is 0 Å². The molecule has 3 aliphatic rings. The van der Waals surface area contributed by atoms with Crippen LogP contribution in [-0.2, 0) is 6.42 Å². The molecule has 0 amide bonds. The molecule has 0 aliphatic carbocycles. The normalized spacial score (nSPS) is 16.7. The minimum atomic E-state index is 0.531. The van der Waals surface area contributed by atoms with Gasteiger partial charge in [0.15, 0.2) is 34.5 Å². The minimum absolute atomic E-state index is 0.531. The molecular formula is C20H18O6S3. The Kier molecular flexibility index (Phi) is 4.28. The molecule has 0 fully saturated rings.